The van der Waals surface area contributed by atoms with Crippen LogP contribution >= 0.6 is 23.4 Å². The van der Waals surface area contributed by atoms with Gasteiger partial charge in [0.25, 0.3) is 5.56 Å². The lowest BCUT2D eigenvalue weighted by Crippen LogP contribution is -2.37. The maximum Gasteiger partial charge on any atom is 0.330 e. The Morgan fingerprint density at radius 2 is 1.73 bits per heavy atom. The standard InChI is InChI=1S/C21H18ClN5O2S/c1-26-13(11-18(28)27(2)21(26)29)12-30-20-24-16-9-5-3-7-14(16)19(25-20)23-17-10-6-4-8-15(17)22/h3-11H,12H2,1-2H3,(H,23,24,25). The van der Waals surface area contributed by atoms with Crippen LogP contribution in [-0.4, -0.2) is 19.1 Å². The predicted molar refractivity (Wildman–Crippen MR) is 121 cm³/mol. The molecule has 0 unspecified atom stereocenters. The molecule has 9 heteroatoms. The molecule has 0 saturated heterocycles. The number of hydrogen-bond acceptors (Lipinski definition) is 6. The van der Waals surface area contributed by atoms with Crippen molar-refractivity contribution in [3.05, 3.63) is 86.2 Å². The van der Waals surface area contributed by atoms with Gasteiger partial charge in [0.1, 0.15) is 5.82 Å². The molecule has 0 spiro atoms. The van der Waals surface area contributed by atoms with Crippen molar-refractivity contribution in [2.24, 2.45) is 14.1 Å². The van der Waals surface area contributed by atoms with Gasteiger partial charge in [-0.05, 0) is 24.3 Å². The molecule has 0 aliphatic carbocycles. The van der Waals surface area contributed by atoms with E-state index in [0.29, 0.717) is 27.4 Å². The number of aromatic nitrogens is 4. The molecule has 0 radical (unpaired) electrons. The molecule has 30 heavy (non-hydrogen) atoms. The van der Waals surface area contributed by atoms with Crippen molar-refractivity contribution in [3.63, 3.8) is 0 Å². The summed E-state index contributed by atoms with van der Waals surface area (Å²) in [6.07, 6.45) is 0. The Morgan fingerprint density at radius 3 is 2.53 bits per heavy atom. The number of hydrogen-bond donors (Lipinski definition) is 1. The lowest BCUT2D eigenvalue weighted by Gasteiger charge is -2.12. The summed E-state index contributed by atoms with van der Waals surface area (Å²) in [6.45, 7) is 0. The van der Waals surface area contributed by atoms with Gasteiger partial charge in [-0.25, -0.2) is 14.8 Å². The van der Waals surface area contributed by atoms with E-state index in [2.05, 4.69) is 15.3 Å². The molecule has 2 aromatic heterocycles. The van der Waals surface area contributed by atoms with Crippen molar-refractivity contribution in [2.45, 2.75) is 10.9 Å². The average Bonchev–Trinajstić information content (AvgIpc) is 2.75. The quantitative estimate of drug-likeness (QED) is 0.377. The molecule has 0 amide bonds. The van der Waals surface area contributed by atoms with Gasteiger partial charge < -0.3 is 5.32 Å². The fraction of sp³-hybridized carbons (Fsp3) is 0.143. The number of nitrogens with zero attached hydrogens (tertiary/aromatic N) is 4. The molecule has 0 atom stereocenters. The fourth-order valence-corrected chi connectivity index (χ4v) is 4.02. The summed E-state index contributed by atoms with van der Waals surface area (Å²) >= 11 is 7.64. The number of thioether (sulfide) groups is 1. The van der Waals surface area contributed by atoms with Crippen molar-refractivity contribution < 1.29 is 0 Å². The molecule has 2 heterocycles. The Kier molecular flexibility index (Phi) is 5.61. The predicted octanol–water partition coefficient (Wildman–Crippen LogP) is 3.72. The van der Waals surface area contributed by atoms with Crippen LogP contribution in [0.15, 0.2) is 69.3 Å². The molecule has 0 aliphatic heterocycles. The van der Waals surface area contributed by atoms with Crippen LogP contribution in [-0.2, 0) is 19.8 Å². The molecule has 0 fully saturated rings. The maximum absolute atomic E-state index is 12.1. The zero-order valence-electron chi connectivity index (χ0n) is 16.3. The first-order valence-corrected chi connectivity index (χ1v) is 10.5. The van der Waals surface area contributed by atoms with E-state index in [1.807, 2.05) is 42.5 Å². The largest absolute Gasteiger partial charge is 0.338 e. The van der Waals surface area contributed by atoms with E-state index >= 15 is 0 Å². The highest BCUT2D eigenvalue weighted by atomic mass is 35.5. The highest BCUT2D eigenvalue weighted by molar-refractivity contribution is 7.98. The van der Waals surface area contributed by atoms with Crippen LogP contribution in [0.5, 0.6) is 0 Å². The van der Waals surface area contributed by atoms with Gasteiger partial charge in [-0.3, -0.25) is 13.9 Å². The number of fused-ring (bicyclic) bond motifs is 1. The monoisotopic (exact) mass is 439 g/mol. The third-order valence-corrected chi connectivity index (χ3v) is 5.89. The molecule has 0 aliphatic rings. The van der Waals surface area contributed by atoms with E-state index in [-0.39, 0.29) is 11.2 Å². The number of para-hydroxylation sites is 2. The first-order chi connectivity index (χ1) is 14.4. The Morgan fingerprint density at radius 1 is 1.00 bits per heavy atom. The van der Waals surface area contributed by atoms with Crippen LogP contribution in [0.3, 0.4) is 0 Å². The Labute approximate surface area is 181 Å². The summed E-state index contributed by atoms with van der Waals surface area (Å²) in [5.74, 6) is 1.01. The van der Waals surface area contributed by atoms with Crippen LogP contribution in [0.1, 0.15) is 5.69 Å². The lowest BCUT2D eigenvalue weighted by molar-refractivity contribution is 0.665. The molecular formula is C21H18ClN5O2S. The summed E-state index contributed by atoms with van der Waals surface area (Å²) < 4.78 is 2.53. The van der Waals surface area contributed by atoms with E-state index < -0.39 is 0 Å². The zero-order chi connectivity index (χ0) is 21.3. The van der Waals surface area contributed by atoms with E-state index in [4.69, 9.17) is 11.6 Å². The van der Waals surface area contributed by atoms with Crippen molar-refractivity contribution in [1.29, 1.82) is 0 Å². The smallest absolute Gasteiger partial charge is 0.330 e. The minimum absolute atomic E-state index is 0.339. The number of nitrogens with one attached hydrogen (secondary N) is 1. The fourth-order valence-electron chi connectivity index (χ4n) is 2.96. The van der Waals surface area contributed by atoms with Gasteiger partial charge in [0.2, 0.25) is 0 Å². The van der Waals surface area contributed by atoms with Crippen molar-refractivity contribution in [2.75, 3.05) is 5.32 Å². The van der Waals surface area contributed by atoms with Gasteiger partial charge in [-0.2, -0.15) is 0 Å². The van der Waals surface area contributed by atoms with Gasteiger partial charge in [0, 0.05) is 37.0 Å². The minimum Gasteiger partial charge on any atom is -0.338 e. The first kappa shape index (κ1) is 20.2. The van der Waals surface area contributed by atoms with E-state index in [1.165, 1.54) is 29.4 Å². The summed E-state index contributed by atoms with van der Waals surface area (Å²) in [4.78, 5) is 33.4. The third kappa shape index (κ3) is 3.96. The van der Waals surface area contributed by atoms with E-state index in [9.17, 15) is 9.59 Å². The van der Waals surface area contributed by atoms with Gasteiger partial charge in [-0.15, -0.1) is 0 Å². The number of benzene rings is 2. The normalized spacial score (nSPS) is 11.0. The summed E-state index contributed by atoms with van der Waals surface area (Å²) in [7, 11) is 3.10. The summed E-state index contributed by atoms with van der Waals surface area (Å²) in [5.41, 5.74) is 1.42. The van der Waals surface area contributed by atoms with E-state index in [1.54, 1.807) is 13.1 Å². The van der Waals surface area contributed by atoms with Gasteiger partial charge in [0.15, 0.2) is 5.16 Å². The van der Waals surface area contributed by atoms with Crippen LogP contribution in [0.4, 0.5) is 11.5 Å². The minimum atomic E-state index is -0.362. The van der Waals surface area contributed by atoms with Crippen molar-refractivity contribution in [3.8, 4) is 0 Å². The Bertz CT molecular complexity index is 1370. The van der Waals surface area contributed by atoms with E-state index in [0.717, 1.165) is 21.2 Å². The average molecular weight is 440 g/mol. The Hall–Kier alpha value is -3.10. The molecule has 152 valence electrons. The van der Waals surface area contributed by atoms with Crippen LogP contribution < -0.4 is 16.6 Å². The van der Waals surface area contributed by atoms with Crippen molar-refractivity contribution >= 4 is 45.8 Å². The molecule has 4 aromatic rings. The third-order valence-electron chi connectivity index (χ3n) is 4.68. The second-order valence-electron chi connectivity index (χ2n) is 6.64. The summed E-state index contributed by atoms with van der Waals surface area (Å²) in [5, 5.41) is 5.26. The van der Waals surface area contributed by atoms with Crippen LogP contribution in [0, 0.1) is 0 Å². The molecule has 0 saturated carbocycles. The zero-order valence-corrected chi connectivity index (χ0v) is 17.9. The van der Waals surface area contributed by atoms with Gasteiger partial charge in [0.05, 0.1) is 16.2 Å². The second kappa shape index (κ2) is 8.33. The lowest BCUT2D eigenvalue weighted by atomic mass is 10.2. The van der Waals surface area contributed by atoms with Gasteiger partial charge in [-0.1, -0.05) is 47.6 Å². The molecule has 1 N–H and O–H groups in total. The van der Waals surface area contributed by atoms with Gasteiger partial charge >= 0.3 is 5.69 Å². The molecular weight excluding hydrogens is 422 g/mol. The van der Waals surface area contributed by atoms with Crippen LogP contribution in [0.25, 0.3) is 10.9 Å². The highest BCUT2D eigenvalue weighted by Gasteiger charge is 2.12. The highest BCUT2D eigenvalue weighted by Crippen LogP contribution is 2.30. The SMILES string of the molecule is Cn1c(CSc2nc(Nc3ccccc3Cl)c3ccccc3n2)cc(=O)n(C)c1=O. The first-order valence-electron chi connectivity index (χ1n) is 9.11. The van der Waals surface area contributed by atoms with Crippen LogP contribution in [0.2, 0.25) is 5.02 Å². The molecule has 2 aromatic carbocycles. The maximum atomic E-state index is 12.1. The van der Waals surface area contributed by atoms with Crippen molar-refractivity contribution in [1.82, 2.24) is 19.1 Å². The summed E-state index contributed by atoms with van der Waals surface area (Å²) in [6, 6.07) is 16.6. The topological polar surface area (TPSA) is 81.8 Å². The second-order valence-corrected chi connectivity index (χ2v) is 7.99. The molecule has 4 rings (SSSR count). The number of rotatable bonds is 5. The number of halogens is 1. The number of anilines is 2. The Balaban J connectivity index is 1.70. The molecule has 0 bridgehead atoms. The molecule has 7 nitrogen and oxygen atoms in total.